The van der Waals surface area contributed by atoms with E-state index in [0.29, 0.717) is 36.5 Å². The van der Waals surface area contributed by atoms with E-state index in [4.69, 9.17) is 0 Å². The Bertz CT molecular complexity index is 1500. The first kappa shape index (κ1) is 26.1. The van der Waals surface area contributed by atoms with E-state index in [0.717, 1.165) is 17.7 Å². The average molecular weight is 540 g/mol. The van der Waals surface area contributed by atoms with Crippen LogP contribution in [0.5, 0.6) is 0 Å². The summed E-state index contributed by atoms with van der Waals surface area (Å²) in [6, 6.07) is 13.3. The SMILES string of the molecule is Cc1nn(CC(=O)N2CCc3ccccc32)c(C)c1S(=O)(=O)N1CCC[C@@H](C(=O)Nc2cccc(F)c2)C1. The molecule has 2 aliphatic rings. The number of para-hydroxylation sites is 1. The number of nitrogens with zero attached hydrogens (tertiary/aromatic N) is 4. The normalized spacial score (nSPS) is 17.9. The third-order valence-corrected chi connectivity index (χ3v) is 9.35. The number of rotatable bonds is 6. The molecule has 2 amide bonds. The maximum absolute atomic E-state index is 13.7. The van der Waals surface area contributed by atoms with Crippen molar-refractivity contribution in [3.8, 4) is 0 Å². The van der Waals surface area contributed by atoms with E-state index < -0.39 is 21.8 Å². The number of piperidine rings is 1. The molecule has 1 aromatic heterocycles. The van der Waals surface area contributed by atoms with Crippen LogP contribution in [0.2, 0.25) is 0 Å². The molecule has 3 aromatic rings. The Hall–Kier alpha value is -3.57. The second-order valence-electron chi connectivity index (χ2n) is 9.78. The van der Waals surface area contributed by atoms with Gasteiger partial charge in [-0.25, -0.2) is 12.8 Å². The predicted octanol–water partition coefficient (Wildman–Crippen LogP) is 3.27. The quantitative estimate of drug-likeness (QED) is 0.518. The van der Waals surface area contributed by atoms with Gasteiger partial charge in [-0.05, 0) is 62.9 Å². The van der Waals surface area contributed by atoms with Crippen molar-refractivity contribution >= 4 is 33.2 Å². The van der Waals surface area contributed by atoms with Gasteiger partial charge in [0.2, 0.25) is 21.8 Å². The predicted molar refractivity (Wildman–Crippen MR) is 141 cm³/mol. The molecule has 2 aliphatic heterocycles. The molecule has 11 heteroatoms. The first-order valence-corrected chi connectivity index (χ1v) is 14.1. The lowest BCUT2D eigenvalue weighted by Gasteiger charge is -2.31. The van der Waals surface area contributed by atoms with E-state index in [1.807, 2.05) is 24.3 Å². The van der Waals surface area contributed by atoms with Crippen LogP contribution in [0.1, 0.15) is 29.8 Å². The number of amides is 2. The molecular formula is C27H30FN5O4S. The molecule has 1 atom stereocenters. The molecule has 5 rings (SSSR count). The molecule has 0 bridgehead atoms. The van der Waals surface area contributed by atoms with Gasteiger partial charge in [0, 0.05) is 31.0 Å². The van der Waals surface area contributed by atoms with Crippen LogP contribution in [0.25, 0.3) is 0 Å². The minimum Gasteiger partial charge on any atom is -0.326 e. The Morgan fingerprint density at radius 2 is 1.89 bits per heavy atom. The zero-order valence-electron chi connectivity index (χ0n) is 21.4. The topological polar surface area (TPSA) is 105 Å². The molecular weight excluding hydrogens is 509 g/mol. The number of sulfonamides is 1. The number of halogens is 1. The van der Waals surface area contributed by atoms with Crippen LogP contribution in [0.4, 0.5) is 15.8 Å². The van der Waals surface area contributed by atoms with Gasteiger partial charge in [0.1, 0.15) is 17.3 Å². The number of hydrogen-bond acceptors (Lipinski definition) is 5. The number of fused-ring (bicyclic) bond motifs is 1. The van der Waals surface area contributed by atoms with Crippen LogP contribution in [0, 0.1) is 25.6 Å². The van der Waals surface area contributed by atoms with Crippen LogP contribution in [0.3, 0.4) is 0 Å². The molecule has 0 spiro atoms. The minimum absolute atomic E-state index is 0.0109. The van der Waals surface area contributed by atoms with E-state index in [2.05, 4.69) is 10.4 Å². The Kier molecular flexibility index (Phi) is 7.06. The van der Waals surface area contributed by atoms with Crippen molar-refractivity contribution in [2.45, 2.75) is 44.6 Å². The van der Waals surface area contributed by atoms with Crippen LogP contribution < -0.4 is 10.2 Å². The van der Waals surface area contributed by atoms with Gasteiger partial charge in [0.15, 0.2) is 0 Å². The number of aryl methyl sites for hydroxylation is 1. The van der Waals surface area contributed by atoms with Gasteiger partial charge < -0.3 is 10.2 Å². The monoisotopic (exact) mass is 539 g/mol. The van der Waals surface area contributed by atoms with Crippen molar-refractivity contribution in [3.05, 3.63) is 71.3 Å². The molecule has 3 heterocycles. The molecule has 1 N–H and O–H groups in total. The number of carbonyl (C=O) groups is 2. The molecule has 2 aromatic carbocycles. The Morgan fingerprint density at radius 3 is 2.68 bits per heavy atom. The third-order valence-electron chi connectivity index (χ3n) is 7.23. The summed E-state index contributed by atoms with van der Waals surface area (Å²) in [5, 5.41) is 7.09. The largest absolute Gasteiger partial charge is 0.326 e. The third kappa shape index (κ3) is 4.95. The number of benzene rings is 2. The molecule has 0 aliphatic carbocycles. The highest BCUT2D eigenvalue weighted by molar-refractivity contribution is 7.89. The fourth-order valence-electron chi connectivity index (χ4n) is 5.33. The van der Waals surface area contributed by atoms with E-state index in [1.165, 1.54) is 27.2 Å². The fourth-order valence-corrected chi connectivity index (χ4v) is 7.23. The molecule has 1 saturated heterocycles. The summed E-state index contributed by atoms with van der Waals surface area (Å²) in [5.74, 6) is -1.55. The Labute approximate surface area is 221 Å². The van der Waals surface area contributed by atoms with E-state index in [-0.39, 0.29) is 36.3 Å². The number of aromatic nitrogens is 2. The van der Waals surface area contributed by atoms with Crippen molar-refractivity contribution < 1.29 is 22.4 Å². The summed E-state index contributed by atoms with van der Waals surface area (Å²) >= 11 is 0. The second-order valence-corrected chi connectivity index (χ2v) is 11.7. The zero-order valence-corrected chi connectivity index (χ0v) is 22.2. The number of anilines is 2. The first-order chi connectivity index (χ1) is 18.1. The van der Waals surface area contributed by atoms with Crippen LogP contribution in [-0.2, 0) is 32.6 Å². The summed E-state index contributed by atoms with van der Waals surface area (Å²) in [4.78, 5) is 27.8. The van der Waals surface area contributed by atoms with Crippen LogP contribution in [0.15, 0.2) is 53.4 Å². The number of hydrogen-bond donors (Lipinski definition) is 1. The second kappa shape index (κ2) is 10.3. The highest BCUT2D eigenvalue weighted by Gasteiger charge is 2.37. The summed E-state index contributed by atoms with van der Waals surface area (Å²) in [6.45, 7) is 4.06. The summed E-state index contributed by atoms with van der Waals surface area (Å²) in [6.07, 6.45) is 1.82. The summed E-state index contributed by atoms with van der Waals surface area (Å²) in [5.41, 5.74) is 3.01. The number of carbonyl (C=O) groups excluding carboxylic acids is 2. The van der Waals surface area contributed by atoms with E-state index in [1.54, 1.807) is 24.8 Å². The summed E-state index contributed by atoms with van der Waals surface area (Å²) in [7, 11) is -3.97. The molecule has 1 fully saturated rings. The highest BCUT2D eigenvalue weighted by Crippen LogP contribution is 2.30. The van der Waals surface area contributed by atoms with Crippen molar-refractivity contribution in [2.24, 2.45) is 5.92 Å². The zero-order chi connectivity index (χ0) is 27.0. The van der Waals surface area contributed by atoms with E-state index in [9.17, 15) is 22.4 Å². The van der Waals surface area contributed by atoms with Gasteiger partial charge in [-0.15, -0.1) is 0 Å². The smallest absolute Gasteiger partial charge is 0.248 e. The molecule has 0 saturated carbocycles. The molecule has 38 heavy (non-hydrogen) atoms. The lowest BCUT2D eigenvalue weighted by Crippen LogP contribution is -2.44. The lowest BCUT2D eigenvalue weighted by atomic mass is 9.99. The molecule has 0 radical (unpaired) electrons. The standard InChI is InChI=1S/C27H30FN5O4S/c1-18-26(19(2)33(30-18)17-25(34)32-14-12-20-7-3-4-11-24(20)32)38(36,37)31-13-6-8-21(16-31)27(35)29-23-10-5-9-22(28)15-23/h3-5,7,9-11,15,21H,6,8,12-14,16-17H2,1-2H3,(H,29,35)/t21-/m1/s1. The number of nitrogens with one attached hydrogen (secondary N) is 1. The maximum Gasteiger partial charge on any atom is 0.248 e. The van der Waals surface area contributed by atoms with Gasteiger partial charge in [-0.3, -0.25) is 14.3 Å². The lowest BCUT2D eigenvalue weighted by molar-refractivity contribution is -0.121. The van der Waals surface area contributed by atoms with Crippen molar-refractivity contribution in [1.29, 1.82) is 0 Å². The Balaban J connectivity index is 1.32. The van der Waals surface area contributed by atoms with Gasteiger partial charge >= 0.3 is 0 Å². The van der Waals surface area contributed by atoms with Gasteiger partial charge in [0.25, 0.3) is 0 Å². The van der Waals surface area contributed by atoms with Gasteiger partial charge in [0.05, 0.1) is 17.3 Å². The van der Waals surface area contributed by atoms with Crippen molar-refractivity contribution in [1.82, 2.24) is 14.1 Å². The minimum atomic E-state index is -3.97. The maximum atomic E-state index is 13.7. The highest BCUT2D eigenvalue weighted by atomic mass is 32.2. The molecule has 200 valence electrons. The fraction of sp³-hybridized carbons (Fsp3) is 0.370. The van der Waals surface area contributed by atoms with Crippen molar-refractivity contribution in [2.75, 3.05) is 29.9 Å². The van der Waals surface area contributed by atoms with Crippen molar-refractivity contribution in [3.63, 3.8) is 0 Å². The molecule has 9 nitrogen and oxygen atoms in total. The van der Waals surface area contributed by atoms with Gasteiger partial charge in [-0.1, -0.05) is 24.3 Å². The summed E-state index contributed by atoms with van der Waals surface area (Å²) < 4.78 is 43.7. The van der Waals surface area contributed by atoms with E-state index >= 15 is 0 Å². The average Bonchev–Trinajstić information content (AvgIpc) is 3.44. The van der Waals surface area contributed by atoms with Crippen LogP contribution >= 0.6 is 0 Å². The molecule has 0 unspecified atom stereocenters. The van der Waals surface area contributed by atoms with Gasteiger partial charge in [-0.2, -0.15) is 9.40 Å². The first-order valence-electron chi connectivity index (χ1n) is 12.6. The van der Waals surface area contributed by atoms with Crippen LogP contribution in [-0.4, -0.2) is 54.0 Å². The Morgan fingerprint density at radius 1 is 1.11 bits per heavy atom.